The normalized spacial score (nSPS) is 14.0. The summed E-state index contributed by atoms with van der Waals surface area (Å²) in [7, 11) is -2.24. The fourth-order valence-corrected chi connectivity index (χ4v) is 3.86. The van der Waals surface area contributed by atoms with Gasteiger partial charge in [0.25, 0.3) is 0 Å². The summed E-state index contributed by atoms with van der Waals surface area (Å²) in [4.78, 5) is 16.3. The number of pyridine rings is 1. The quantitative estimate of drug-likeness (QED) is 0.379. The zero-order valence-electron chi connectivity index (χ0n) is 18.9. The predicted octanol–water partition coefficient (Wildman–Crippen LogP) is 3.24. The number of methoxy groups -OCH3 is 1. The van der Waals surface area contributed by atoms with Gasteiger partial charge in [-0.05, 0) is 43.0 Å². The number of amides is 1. The van der Waals surface area contributed by atoms with Gasteiger partial charge in [0, 0.05) is 37.8 Å². The zero-order chi connectivity index (χ0) is 25.7. The van der Waals surface area contributed by atoms with E-state index in [9.17, 15) is 30.8 Å². The number of rotatable bonds is 10. The van der Waals surface area contributed by atoms with Gasteiger partial charge in [-0.1, -0.05) is 18.2 Å². The first-order valence-corrected chi connectivity index (χ1v) is 12.3. The van der Waals surface area contributed by atoms with Crippen molar-refractivity contribution in [1.82, 2.24) is 10.3 Å². The number of sulfone groups is 1. The highest BCUT2D eigenvalue weighted by atomic mass is 32.2. The number of ether oxygens (including phenoxy) is 1. The number of benzene rings is 1. The van der Waals surface area contributed by atoms with Crippen LogP contribution in [0, 0.1) is 5.82 Å². The van der Waals surface area contributed by atoms with Crippen LogP contribution < -0.4 is 11.1 Å². The van der Waals surface area contributed by atoms with Crippen LogP contribution in [0.15, 0.2) is 30.3 Å². The largest absolute Gasteiger partial charge is 0.433 e. The second kappa shape index (κ2) is 11.2. The van der Waals surface area contributed by atoms with Crippen LogP contribution in [0.2, 0.25) is 0 Å². The molecule has 0 bridgehead atoms. The lowest BCUT2D eigenvalue weighted by Crippen LogP contribution is -2.28. The summed E-state index contributed by atoms with van der Waals surface area (Å²) in [6.45, 7) is 1.78. The maximum Gasteiger partial charge on any atom is 0.433 e. The van der Waals surface area contributed by atoms with Gasteiger partial charge in [-0.2, -0.15) is 13.2 Å². The minimum absolute atomic E-state index is 0.0733. The molecule has 1 aromatic heterocycles. The number of hydrogen-bond donors (Lipinski definition) is 2. The van der Waals surface area contributed by atoms with Crippen molar-refractivity contribution in [2.24, 2.45) is 5.73 Å². The van der Waals surface area contributed by atoms with Crippen LogP contribution in [-0.4, -0.2) is 39.3 Å². The molecular weight excluding hydrogens is 478 g/mol. The zero-order valence-corrected chi connectivity index (χ0v) is 19.8. The number of carbonyl (C=O) groups is 1. The van der Waals surface area contributed by atoms with E-state index in [0.717, 1.165) is 18.4 Å². The topological polar surface area (TPSA) is 111 Å². The van der Waals surface area contributed by atoms with Crippen molar-refractivity contribution in [2.75, 3.05) is 20.0 Å². The Kier molecular flexibility index (Phi) is 9.15. The molecule has 0 aliphatic carbocycles. The van der Waals surface area contributed by atoms with E-state index < -0.39 is 44.7 Å². The average Bonchev–Trinajstić information content (AvgIpc) is 2.75. The molecule has 2 rings (SSSR count). The van der Waals surface area contributed by atoms with E-state index in [2.05, 4.69) is 10.3 Å². The molecule has 2 unspecified atom stereocenters. The lowest BCUT2D eigenvalue weighted by atomic mass is 9.98. The van der Waals surface area contributed by atoms with Crippen LogP contribution in [0.1, 0.15) is 52.7 Å². The molecular formula is C22H27F4N3O4S. The van der Waals surface area contributed by atoms with Gasteiger partial charge in [0.05, 0.1) is 5.92 Å². The van der Waals surface area contributed by atoms with Crippen LogP contribution in [0.4, 0.5) is 17.6 Å². The van der Waals surface area contributed by atoms with Crippen LogP contribution in [0.25, 0.3) is 0 Å². The number of nitrogens with one attached hydrogen (secondary N) is 1. The number of nitrogens with two attached hydrogens (primary N) is 1. The Morgan fingerprint density at radius 1 is 1.24 bits per heavy atom. The Labute approximate surface area is 195 Å². The summed E-state index contributed by atoms with van der Waals surface area (Å²) >= 11 is 0. The first kappa shape index (κ1) is 27.7. The van der Waals surface area contributed by atoms with Gasteiger partial charge in [-0.3, -0.25) is 4.79 Å². The third kappa shape index (κ3) is 7.21. The number of aromatic nitrogens is 1. The minimum atomic E-state index is -4.60. The molecule has 0 radical (unpaired) electrons. The van der Waals surface area contributed by atoms with Gasteiger partial charge >= 0.3 is 6.18 Å². The summed E-state index contributed by atoms with van der Waals surface area (Å²) in [6.07, 6.45) is -3.03. The summed E-state index contributed by atoms with van der Waals surface area (Å²) < 4.78 is 81.7. The molecule has 1 amide bonds. The second-order valence-corrected chi connectivity index (χ2v) is 10.0. The third-order valence-corrected chi connectivity index (χ3v) is 6.44. The summed E-state index contributed by atoms with van der Waals surface area (Å²) in [6, 6.07) is 5.78. The van der Waals surface area contributed by atoms with E-state index in [0.29, 0.717) is 18.6 Å². The second-order valence-electron chi connectivity index (χ2n) is 7.87. The van der Waals surface area contributed by atoms with E-state index >= 15 is 0 Å². The van der Waals surface area contributed by atoms with Gasteiger partial charge in [0.1, 0.15) is 16.9 Å². The Hall–Kier alpha value is -2.57. The summed E-state index contributed by atoms with van der Waals surface area (Å²) in [5.74, 6) is -2.18. The van der Waals surface area contributed by atoms with E-state index in [1.807, 2.05) is 0 Å². The molecule has 0 spiro atoms. The van der Waals surface area contributed by atoms with Crippen molar-refractivity contribution in [1.29, 1.82) is 0 Å². The molecule has 3 N–H and O–H groups in total. The van der Waals surface area contributed by atoms with Crippen molar-refractivity contribution >= 4 is 15.7 Å². The number of aryl methyl sites for hydroxylation is 1. The molecule has 188 valence electrons. The lowest BCUT2D eigenvalue weighted by Gasteiger charge is -2.17. The maximum absolute atomic E-state index is 14.5. The molecule has 12 heteroatoms. The third-order valence-electron chi connectivity index (χ3n) is 5.26. The average molecular weight is 506 g/mol. The van der Waals surface area contributed by atoms with E-state index in [1.54, 1.807) is 0 Å². The van der Waals surface area contributed by atoms with Crippen molar-refractivity contribution in [3.63, 3.8) is 0 Å². The smallest absolute Gasteiger partial charge is 0.385 e. The highest BCUT2D eigenvalue weighted by Gasteiger charge is 2.33. The molecule has 1 heterocycles. The SMILES string of the molecule is COCCCc1nc(C(F)(F)F)ccc1CNC(=O)C(C)c1ccc(C(N)S(C)(=O)=O)c(F)c1. The minimum Gasteiger partial charge on any atom is -0.385 e. The molecule has 0 fully saturated rings. The molecule has 2 aromatic rings. The Bertz CT molecular complexity index is 1120. The summed E-state index contributed by atoms with van der Waals surface area (Å²) in [5.41, 5.74) is 5.24. The number of alkyl halides is 3. The first-order valence-electron chi connectivity index (χ1n) is 10.3. The molecule has 0 aliphatic heterocycles. The Balaban J connectivity index is 2.16. The van der Waals surface area contributed by atoms with E-state index in [1.165, 1.54) is 32.2 Å². The van der Waals surface area contributed by atoms with Gasteiger partial charge < -0.3 is 15.8 Å². The molecule has 1 aromatic carbocycles. The van der Waals surface area contributed by atoms with Crippen LogP contribution in [0.3, 0.4) is 0 Å². The van der Waals surface area contributed by atoms with Crippen LogP contribution >= 0.6 is 0 Å². The molecule has 34 heavy (non-hydrogen) atoms. The Morgan fingerprint density at radius 2 is 1.91 bits per heavy atom. The Morgan fingerprint density at radius 3 is 2.47 bits per heavy atom. The first-order chi connectivity index (χ1) is 15.8. The monoisotopic (exact) mass is 505 g/mol. The highest BCUT2D eigenvalue weighted by Crippen LogP contribution is 2.29. The van der Waals surface area contributed by atoms with Crippen LogP contribution in [0.5, 0.6) is 0 Å². The van der Waals surface area contributed by atoms with Crippen molar-refractivity contribution in [3.05, 3.63) is 64.2 Å². The fraction of sp³-hybridized carbons (Fsp3) is 0.455. The number of carbonyl (C=O) groups excluding carboxylic acids is 1. The number of nitrogens with zero attached hydrogens (tertiary/aromatic N) is 1. The molecule has 7 nitrogen and oxygen atoms in total. The number of hydrogen-bond acceptors (Lipinski definition) is 6. The molecule has 2 atom stereocenters. The van der Waals surface area contributed by atoms with Gasteiger partial charge in [-0.15, -0.1) is 0 Å². The molecule has 0 saturated carbocycles. The predicted molar refractivity (Wildman–Crippen MR) is 118 cm³/mol. The van der Waals surface area contributed by atoms with Gasteiger partial charge in [0.15, 0.2) is 9.84 Å². The van der Waals surface area contributed by atoms with Crippen molar-refractivity contribution in [3.8, 4) is 0 Å². The van der Waals surface area contributed by atoms with Gasteiger partial charge in [-0.25, -0.2) is 17.8 Å². The lowest BCUT2D eigenvalue weighted by molar-refractivity contribution is -0.141. The van der Waals surface area contributed by atoms with Gasteiger partial charge in [0.2, 0.25) is 5.91 Å². The van der Waals surface area contributed by atoms with E-state index in [-0.39, 0.29) is 29.8 Å². The molecule has 0 saturated heterocycles. The summed E-state index contributed by atoms with van der Waals surface area (Å²) in [5, 5.41) is 1.10. The highest BCUT2D eigenvalue weighted by molar-refractivity contribution is 7.90. The molecule has 0 aliphatic rings. The number of halogens is 4. The fourth-order valence-electron chi connectivity index (χ4n) is 3.21. The van der Waals surface area contributed by atoms with E-state index in [4.69, 9.17) is 10.5 Å². The van der Waals surface area contributed by atoms with Crippen molar-refractivity contribution in [2.45, 2.75) is 43.8 Å². The van der Waals surface area contributed by atoms with Crippen molar-refractivity contribution < 1.29 is 35.5 Å². The maximum atomic E-state index is 14.5. The van der Waals surface area contributed by atoms with Crippen LogP contribution in [-0.2, 0) is 38.5 Å². The standard InChI is InChI=1S/C22H27F4N3O4S/c1-13(14-6-8-16(17(23)11-14)20(27)34(3,31)32)21(30)28-12-15-7-9-19(22(24,25)26)29-18(15)5-4-10-33-2/h6-9,11,13,20H,4-5,10,12,27H2,1-3H3,(H,28,30).